The molecule has 1 fully saturated rings. The number of likely N-dealkylation sites (tertiary alicyclic amines) is 1. The molecule has 5 nitrogen and oxygen atoms in total. The number of amides is 1. The molecule has 0 atom stereocenters. The van der Waals surface area contributed by atoms with Crippen molar-refractivity contribution in [2.45, 2.75) is 40.2 Å². The second kappa shape index (κ2) is 8.32. The van der Waals surface area contributed by atoms with Crippen molar-refractivity contribution in [1.82, 2.24) is 0 Å². The minimum absolute atomic E-state index is 0.211. The summed E-state index contributed by atoms with van der Waals surface area (Å²) < 4.78 is 5.91. The van der Waals surface area contributed by atoms with Crippen LogP contribution in [0.3, 0.4) is 0 Å². The fourth-order valence-electron chi connectivity index (χ4n) is 4.34. The minimum Gasteiger partial charge on any atom is -0.507 e. The maximum Gasteiger partial charge on any atom is 0.259 e. The van der Waals surface area contributed by atoms with Gasteiger partial charge in [-0.3, -0.25) is 4.79 Å². The van der Waals surface area contributed by atoms with Gasteiger partial charge < -0.3 is 19.7 Å². The first kappa shape index (κ1) is 20.8. The monoisotopic (exact) mass is 427 g/mol. The number of hydrogen-bond acceptors (Lipinski definition) is 3. The maximum atomic E-state index is 13.3. The number of nitrogens with one attached hydrogen (secondary N) is 2. The predicted molar refractivity (Wildman–Crippen MR) is 120 cm³/mol. The van der Waals surface area contributed by atoms with Crippen molar-refractivity contribution in [1.29, 1.82) is 0 Å². The summed E-state index contributed by atoms with van der Waals surface area (Å²) in [5.74, 6) is 1.24. The van der Waals surface area contributed by atoms with Gasteiger partial charge in [0.25, 0.3) is 5.91 Å². The van der Waals surface area contributed by atoms with E-state index in [1.54, 1.807) is 25.1 Å². The number of aryl methyl sites for hydroxylation is 1. The fourth-order valence-corrected chi connectivity index (χ4v) is 4.52. The van der Waals surface area contributed by atoms with Crippen LogP contribution in [0.5, 0.6) is 5.75 Å². The van der Waals surface area contributed by atoms with Crippen LogP contribution >= 0.6 is 11.6 Å². The summed E-state index contributed by atoms with van der Waals surface area (Å²) in [6.45, 7) is 8.75. The molecule has 1 aliphatic heterocycles. The minimum atomic E-state index is -0.259. The molecule has 0 radical (unpaired) electrons. The largest absolute Gasteiger partial charge is 0.507 e. The summed E-state index contributed by atoms with van der Waals surface area (Å²) in [5.41, 5.74) is 3.35. The van der Waals surface area contributed by atoms with E-state index in [4.69, 9.17) is 16.0 Å². The van der Waals surface area contributed by atoms with Gasteiger partial charge >= 0.3 is 0 Å². The Balaban J connectivity index is 1.72. The molecule has 6 heteroatoms. The highest BCUT2D eigenvalue weighted by atomic mass is 35.5. The molecule has 1 amide bonds. The second-order valence-corrected chi connectivity index (χ2v) is 8.85. The Morgan fingerprint density at radius 1 is 1.23 bits per heavy atom. The number of quaternary nitrogens is 1. The van der Waals surface area contributed by atoms with Gasteiger partial charge in [-0.15, -0.1) is 0 Å². The van der Waals surface area contributed by atoms with Gasteiger partial charge in [0.2, 0.25) is 0 Å². The third-order valence-electron chi connectivity index (χ3n) is 6.27. The molecular formula is C24H28ClN2O3+. The summed E-state index contributed by atoms with van der Waals surface area (Å²) in [4.78, 5) is 14.7. The molecule has 3 N–H and O–H groups in total. The third kappa shape index (κ3) is 3.92. The quantitative estimate of drug-likeness (QED) is 0.575. The van der Waals surface area contributed by atoms with Crippen LogP contribution in [-0.2, 0) is 6.54 Å². The average Bonchev–Trinajstić information content (AvgIpc) is 3.05. The van der Waals surface area contributed by atoms with Crippen molar-refractivity contribution in [2.75, 3.05) is 18.4 Å². The molecule has 0 spiro atoms. The maximum absolute atomic E-state index is 13.3. The van der Waals surface area contributed by atoms with Crippen molar-refractivity contribution >= 4 is 34.2 Å². The lowest BCUT2D eigenvalue weighted by Gasteiger charge is -2.27. The number of carbonyl (C=O) groups is 1. The molecule has 2 heterocycles. The Bertz CT molecular complexity index is 1100. The molecule has 0 saturated carbocycles. The van der Waals surface area contributed by atoms with Crippen LogP contribution in [0.25, 0.3) is 11.0 Å². The van der Waals surface area contributed by atoms with E-state index in [0.29, 0.717) is 39.5 Å². The number of phenolic OH excluding ortho intramolecular Hbond substituents is 1. The normalized spacial score (nSPS) is 19.2. The van der Waals surface area contributed by atoms with Gasteiger partial charge in [0.1, 0.15) is 23.6 Å². The molecule has 0 aliphatic carbocycles. The zero-order valence-corrected chi connectivity index (χ0v) is 18.4. The van der Waals surface area contributed by atoms with Gasteiger partial charge in [0, 0.05) is 16.1 Å². The van der Waals surface area contributed by atoms with Crippen LogP contribution in [0.2, 0.25) is 5.02 Å². The molecule has 1 saturated heterocycles. The lowest BCUT2D eigenvalue weighted by molar-refractivity contribution is -0.919. The Morgan fingerprint density at radius 2 is 1.97 bits per heavy atom. The zero-order chi connectivity index (χ0) is 21.4. The van der Waals surface area contributed by atoms with E-state index in [9.17, 15) is 9.90 Å². The Kier molecular flexibility index (Phi) is 5.76. The lowest BCUT2D eigenvalue weighted by atomic mass is 9.97. The van der Waals surface area contributed by atoms with Gasteiger partial charge in [-0.2, -0.15) is 0 Å². The number of rotatable bonds is 4. The number of halogens is 1. The van der Waals surface area contributed by atoms with Gasteiger partial charge in [-0.05, 0) is 62.4 Å². The second-order valence-electron chi connectivity index (χ2n) is 8.45. The molecule has 158 valence electrons. The molecule has 1 aliphatic rings. The number of phenols is 1. The van der Waals surface area contributed by atoms with E-state index < -0.39 is 0 Å². The van der Waals surface area contributed by atoms with Gasteiger partial charge in [0.15, 0.2) is 0 Å². The van der Waals surface area contributed by atoms with Crippen molar-refractivity contribution in [3.63, 3.8) is 0 Å². The number of furan rings is 1. The summed E-state index contributed by atoms with van der Waals surface area (Å²) in [6.07, 6.45) is 2.36. The van der Waals surface area contributed by atoms with E-state index in [-0.39, 0.29) is 11.7 Å². The first-order chi connectivity index (χ1) is 14.3. The third-order valence-corrected chi connectivity index (χ3v) is 6.68. The van der Waals surface area contributed by atoms with Gasteiger partial charge in [-0.1, -0.05) is 24.6 Å². The summed E-state index contributed by atoms with van der Waals surface area (Å²) in [7, 11) is 0. The molecule has 2 aromatic carbocycles. The summed E-state index contributed by atoms with van der Waals surface area (Å²) in [5, 5.41) is 14.9. The summed E-state index contributed by atoms with van der Waals surface area (Å²) >= 11 is 6.21. The van der Waals surface area contributed by atoms with Crippen molar-refractivity contribution in [3.05, 3.63) is 57.8 Å². The first-order valence-corrected chi connectivity index (χ1v) is 10.9. The van der Waals surface area contributed by atoms with Crippen LogP contribution in [0.1, 0.15) is 47.0 Å². The topological polar surface area (TPSA) is 66.9 Å². The molecule has 1 aromatic heterocycles. The first-order valence-electron chi connectivity index (χ1n) is 10.5. The lowest BCUT2D eigenvalue weighted by Crippen LogP contribution is -3.11. The van der Waals surface area contributed by atoms with Crippen molar-refractivity contribution < 1.29 is 19.2 Å². The van der Waals surface area contributed by atoms with Crippen LogP contribution in [0.15, 0.2) is 34.7 Å². The molecule has 0 bridgehead atoms. The number of benzene rings is 2. The Morgan fingerprint density at radius 3 is 2.70 bits per heavy atom. The number of piperidine rings is 1. The van der Waals surface area contributed by atoms with E-state index in [1.807, 2.05) is 19.1 Å². The van der Waals surface area contributed by atoms with E-state index in [0.717, 1.165) is 30.1 Å². The highest BCUT2D eigenvalue weighted by Crippen LogP contribution is 2.34. The highest BCUT2D eigenvalue weighted by Gasteiger charge is 2.27. The van der Waals surface area contributed by atoms with E-state index in [1.165, 1.54) is 17.7 Å². The Labute approximate surface area is 181 Å². The van der Waals surface area contributed by atoms with Gasteiger partial charge in [0.05, 0.1) is 24.2 Å². The predicted octanol–water partition coefficient (Wildman–Crippen LogP) is 4.48. The SMILES string of the molecule is Cc1oc2ccc(O)c(C[NH+]3CCC(C)CC3)c2c1C(=O)Nc1cccc(Cl)c1C. The van der Waals surface area contributed by atoms with Crippen LogP contribution in [0.4, 0.5) is 5.69 Å². The highest BCUT2D eigenvalue weighted by molar-refractivity contribution is 6.31. The van der Waals surface area contributed by atoms with Crippen molar-refractivity contribution in [3.8, 4) is 5.75 Å². The van der Waals surface area contributed by atoms with Crippen LogP contribution < -0.4 is 10.2 Å². The number of fused-ring (bicyclic) bond motifs is 1. The zero-order valence-electron chi connectivity index (χ0n) is 17.6. The van der Waals surface area contributed by atoms with E-state index in [2.05, 4.69) is 12.2 Å². The molecule has 3 aromatic rings. The molecule has 30 heavy (non-hydrogen) atoms. The van der Waals surface area contributed by atoms with Crippen molar-refractivity contribution in [2.24, 2.45) is 5.92 Å². The van der Waals surface area contributed by atoms with Gasteiger partial charge in [-0.25, -0.2) is 0 Å². The Hall–Kier alpha value is -2.50. The fraction of sp³-hybridized carbons (Fsp3) is 0.375. The summed E-state index contributed by atoms with van der Waals surface area (Å²) in [6, 6.07) is 8.83. The van der Waals surface area contributed by atoms with Crippen LogP contribution in [-0.4, -0.2) is 24.1 Å². The molecule has 4 rings (SSSR count). The number of anilines is 1. The number of carbonyl (C=O) groups excluding carboxylic acids is 1. The molecule has 0 unspecified atom stereocenters. The molecular weight excluding hydrogens is 400 g/mol. The van der Waals surface area contributed by atoms with Crippen LogP contribution in [0, 0.1) is 19.8 Å². The van der Waals surface area contributed by atoms with E-state index >= 15 is 0 Å². The standard InChI is InChI=1S/C24H27ClN2O3/c1-14-9-11-27(12-10-14)13-17-20(28)7-8-21-23(17)22(16(3)30-21)24(29)26-19-6-4-5-18(25)15(19)2/h4-8,14,28H,9-13H2,1-3H3,(H,26,29)/p+1. The smallest absolute Gasteiger partial charge is 0.259 e. The number of hydrogen-bond donors (Lipinski definition) is 3. The average molecular weight is 428 g/mol. The number of aromatic hydroxyl groups is 1.